The van der Waals surface area contributed by atoms with Crippen LogP contribution in [0.3, 0.4) is 0 Å². The van der Waals surface area contributed by atoms with Gasteiger partial charge in [-0.1, -0.05) is 23.7 Å². The van der Waals surface area contributed by atoms with Gasteiger partial charge in [0.15, 0.2) is 17.1 Å². The van der Waals surface area contributed by atoms with E-state index in [-0.39, 0.29) is 22.1 Å². The van der Waals surface area contributed by atoms with Crippen LogP contribution in [-0.4, -0.2) is 22.4 Å². The maximum absolute atomic E-state index is 13.4. The van der Waals surface area contributed by atoms with Crippen molar-refractivity contribution in [3.63, 3.8) is 0 Å². The van der Waals surface area contributed by atoms with Crippen LogP contribution >= 0.6 is 11.6 Å². The van der Waals surface area contributed by atoms with Crippen molar-refractivity contribution in [1.82, 2.24) is 9.38 Å². The zero-order chi connectivity index (χ0) is 18.2. The quantitative estimate of drug-likeness (QED) is 0.750. The molecule has 5 nitrogen and oxygen atoms in total. The van der Waals surface area contributed by atoms with Gasteiger partial charge in [-0.25, -0.2) is 4.98 Å². The average molecular weight is 370 g/mol. The zero-order valence-corrected chi connectivity index (χ0v) is 13.5. The lowest BCUT2D eigenvalue weighted by atomic mass is 10.2. The number of nitrogens with one attached hydrogen (secondary N) is 1. The summed E-state index contributed by atoms with van der Waals surface area (Å²) in [6.07, 6.45) is -3.51. The number of nitrogens with zero attached hydrogens (tertiary/aromatic N) is 2. The molecular weight excluding hydrogens is 359 g/mol. The third kappa shape index (κ3) is 3.12. The monoisotopic (exact) mass is 369 g/mol. The Hall–Kier alpha value is -2.74. The molecule has 0 bridgehead atoms. The molecule has 3 aromatic rings. The van der Waals surface area contributed by atoms with Crippen molar-refractivity contribution in [2.24, 2.45) is 0 Å². The Morgan fingerprint density at radius 2 is 1.96 bits per heavy atom. The van der Waals surface area contributed by atoms with E-state index >= 15 is 0 Å². The first kappa shape index (κ1) is 17.1. The maximum atomic E-state index is 13.4. The van der Waals surface area contributed by atoms with Gasteiger partial charge in [0.2, 0.25) is 0 Å². The van der Waals surface area contributed by atoms with Crippen LogP contribution in [0.1, 0.15) is 16.2 Å². The van der Waals surface area contributed by atoms with E-state index in [1.165, 1.54) is 37.6 Å². The molecule has 0 spiro atoms. The molecule has 25 heavy (non-hydrogen) atoms. The summed E-state index contributed by atoms with van der Waals surface area (Å²) >= 11 is 5.95. The molecule has 0 radical (unpaired) electrons. The van der Waals surface area contributed by atoms with Crippen molar-refractivity contribution in [2.75, 3.05) is 12.4 Å². The van der Waals surface area contributed by atoms with E-state index in [0.717, 1.165) is 4.40 Å². The van der Waals surface area contributed by atoms with Crippen LogP contribution in [0, 0.1) is 0 Å². The number of anilines is 1. The van der Waals surface area contributed by atoms with Crippen molar-refractivity contribution in [1.29, 1.82) is 0 Å². The molecule has 0 saturated heterocycles. The highest BCUT2D eigenvalue weighted by molar-refractivity contribution is 6.33. The number of ether oxygens (including phenoxy) is 1. The Labute approximate surface area is 145 Å². The largest absolute Gasteiger partial charge is 0.493 e. The van der Waals surface area contributed by atoms with Crippen molar-refractivity contribution < 1.29 is 22.7 Å². The highest BCUT2D eigenvalue weighted by Crippen LogP contribution is 2.34. The molecular formula is C16H11ClF3N3O2. The van der Waals surface area contributed by atoms with Gasteiger partial charge >= 0.3 is 6.18 Å². The Kier molecular flexibility index (Phi) is 4.30. The van der Waals surface area contributed by atoms with Crippen molar-refractivity contribution in [3.8, 4) is 5.75 Å². The second-order valence-electron chi connectivity index (χ2n) is 5.01. The van der Waals surface area contributed by atoms with Crippen molar-refractivity contribution >= 4 is 28.8 Å². The van der Waals surface area contributed by atoms with Crippen LogP contribution in [0.4, 0.5) is 18.9 Å². The van der Waals surface area contributed by atoms with Crippen LogP contribution in [0.15, 0.2) is 42.6 Å². The van der Waals surface area contributed by atoms with E-state index in [1.807, 2.05) is 0 Å². The van der Waals surface area contributed by atoms with Gasteiger partial charge in [0, 0.05) is 6.20 Å². The van der Waals surface area contributed by atoms with Gasteiger partial charge < -0.3 is 10.1 Å². The Morgan fingerprint density at radius 1 is 1.24 bits per heavy atom. The lowest BCUT2D eigenvalue weighted by Gasteiger charge is -2.10. The summed E-state index contributed by atoms with van der Waals surface area (Å²) in [5, 5.41) is 2.59. The third-order valence-electron chi connectivity index (χ3n) is 3.44. The van der Waals surface area contributed by atoms with Crippen molar-refractivity contribution in [3.05, 3.63) is 59.0 Å². The fraction of sp³-hybridized carbons (Fsp3) is 0.125. The molecule has 0 unspecified atom stereocenters. The Bertz CT molecular complexity index is 953. The van der Waals surface area contributed by atoms with Crippen molar-refractivity contribution in [2.45, 2.75) is 6.18 Å². The highest BCUT2D eigenvalue weighted by atomic mass is 35.5. The minimum atomic E-state index is -4.82. The van der Waals surface area contributed by atoms with E-state index in [4.69, 9.17) is 16.3 Å². The number of hydrogen-bond donors (Lipinski definition) is 1. The van der Waals surface area contributed by atoms with Crippen LogP contribution < -0.4 is 10.1 Å². The highest BCUT2D eigenvalue weighted by Gasteiger charge is 2.40. The molecule has 2 heterocycles. The second-order valence-corrected chi connectivity index (χ2v) is 5.42. The number of alkyl halides is 3. The predicted octanol–water partition coefficient (Wildman–Crippen LogP) is 4.27. The number of halogens is 4. The molecule has 1 amide bonds. The number of amides is 1. The first-order chi connectivity index (χ1) is 11.8. The van der Waals surface area contributed by atoms with Crippen LogP contribution in [0.25, 0.3) is 5.65 Å². The van der Waals surface area contributed by atoms with Crippen LogP contribution in [0.5, 0.6) is 5.75 Å². The molecule has 0 aliphatic heterocycles. The number of imidazole rings is 1. The number of para-hydroxylation sites is 1. The third-order valence-corrected chi connectivity index (χ3v) is 3.77. The molecule has 1 N–H and O–H groups in total. The maximum Gasteiger partial charge on any atom is 0.435 e. The molecule has 130 valence electrons. The fourth-order valence-electron chi connectivity index (χ4n) is 2.36. The number of pyridine rings is 1. The second kappa shape index (κ2) is 6.29. The van der Waals surface area contributed by atoms with E-state index < -0.39 is 23.5 Å². The smallest absolute Gasteiger partial charge is 0.435 e. The first-order valence-electron chi connectivity index (χ1n) is 7.01. The van der Waals surface area contributed by atoms with Gasteiger partial charge in [-0.15, -0.1) is 0 Å². The van der Waals surface area contributed by atoms with Crippen LogP contribution in [0.2, 0.25) is 5.02 Å². The molecule has 1 aromatic carbocycles. The molecule has 3 rings (SSSR count). The molecule has 0 atom stereocenters. The summed E-state index contributed by atoms with van der Waals surface area (Å²) in [7, 11) is 1.31. The number of aromatic nitrogens is 2. The van der Waals surface area contributed by atoms with E-state index in [9.17, 15) is 18.0 Å². The number of fused-ring (bicyclic) bond motifs is 1. The standard InChI is InChI=1S/C16H11ClF3N3O2/c1-25-11-7-4-8-23-12(13(16(18,19)20)22-14(11)23)15(24)21-10-6-3-2-5-9(10)17/h2-8H,1H3,(H,21,24). The molecule has 9 heteroatoms. The SMILES string of the molecule is COc1cccn2c(C(=O)Nc3ccccc3Cl)c(C(F)(F)F)nc12. The normalized spacial score (nSPS) is 11.6. The van der Waals surface area contributed by atoms with E-state index in [1.54, 1.807) is 12.1 Å². The lowest BCUT2D eigenvalue weighted by Crippen LogP contribution is -2.20. The minimum absolute atomic E-state index is 0.110. The Balaban J connectivity index is 2.17. The molecule has 0 fully saturated rings. The summed E-state index contributed by atoms with van der Waals surface area (Å²) in [4.78, 5) is 16.1. The summed E-state index contributed by atoms with van der Waals surface area (Å²) in [6, 6.07) is 9.15. The van der Waals surface area contributed by atoms with Gasteiger partial charge in [0.25, 0.3) is 5.91 Å². The number of carbonyl (C=O) groups excluding carboxylic acids is 1. The van der Waals surface area contributed by atoms with Gasteiger partial charge in [-0.3, -0.25) is 9.20 Å². The predicted molar refractivity (Wildman–Crippen MR) is 86.2 cm³/mol. The number of hydrogen-bond acceptors (Lipinski definition) is 3. The summed E-state index contributed by atoms with van der Waals surface area (Å²) < 4.78 is 46.2. The van der Waals surface area contributed by atoms with Gasteiger partial charge in [0.1, 0.15) is 5.69 Å². The number of benzene rings is 1. The minimum Gasteiger partial charge on any atom is -0.493 e. The molecule has 2 aromatic heterocycles. The summed E-state index contributed by atoms with van der Waals surface area (Å²) in [5.74, 6) is -0.869. The zero-order valence-electron chi connectivity index (χ0n) is 12.8. The summed E-state index contributed by atoms with van der Waals surface area (Å²) in [6.45, 7) is 0. The fourth-order valence-corrected chi connectivity index (χ4v) is 2.54. The summed E-state index contributed by atoms with van der Waals surface area (Å²) in [5.41, 5.74) is -1.87. The molecule has 0 aliphatic rings. The molecule has 0 saturated carbocycles. The topological polar surface area (TPSA) is 55.6 Å². The number of rotatable bonds is 3. The number of carbonyl (C=O) groups is 1. The average Bonchev–Trinajstić information content (AvgIpc) is 2.97. The molecule has 0 aliphatic carbocycles. The number of methoxy groups -OCH3 is 1. The van der Waals surface area contributed by atoms with Gasteiger partial charge in [-0.2, -0.15) is 13.2 Å². The lowest BCUT2D eigenvalue weighted by molar-refractivity contribution is -0.141. The van der Waals surface area contributed by atoms with E-state index in [2.05, 4.69) is 10.3 Å². The Morgan fingerprint density at radius 3 is 2.60 bits per heavy atom. The first-order valence-corrected chi connectivity index (χ1v) is 7.39. The van der Waals surface area contributed by atoms with E-state index in [0.29, 0.717) is 0 Å². The van der Waals surface area contributed by atoms with Gasteiger partial charge in [-0.05, 0) is 24.3 Å². The van der Waals surface area contributed by atoms with Crippen LogP contribution in [-0.2, 0) is 6.18 Å². The van der Waals surface area contributed by atoms with Gasteiger partial charge in [0.05, 0.1) is 17.8 Å².